The summed E-state index contributed by atoms with van der Waals surface area (Å²) in [5.74, 6) is -1.34. The first-order chi connectivity index (χ1) is 15.3. The number of carbonyl (C=O) groups excluding carboxylic acids is 3. The van der Waals surface area contributed by atoms with Gasteiger partial charge in [-0.25, -0.2) is 9.69 Å². The number of benzene rings is 3. The summed E-state index contributed by atoms with van der Waals surface area (Å²) in [5.41, 5.74) is 5.32. The van der Waals surface area contributed by atoms with Gasteiger partial charge in [-0.2, -0.15) is 0 Å². The van der Waals surface area contributed by atoms with Crippen LogP contribution in [0.2, 0.25) is 0 Å². The zero-order chi connectivity index (χ0) is 22.8. The van der Waals surface area contributed by atoms with E-state index in [1.54, 1.807) is 12.1 Å². The number of nitrogens with one attached hydrogen (secondary N) is 1. The fourth-order valence-electron chi connectivity index (χ4n) is 3.52. The van der Waals surface area contributed by atoms with Crippen molar-refractivity contribution in [3.63, 3.8) is 0 Å². The molecule has 1 saturated heterocycles. The summed E-state index contributed by atoms with van der Waals surface area (Å²) in [6.07, 6.45) is 2.27. The van der Waals surface area contributed by atoms with Crippen LogP contribution < -0.4 is 10.2 Å². The van der Waals surface area contributed by atoms with Crippen molar-refractivity contribution in [1.82, 2.24) is 5.32 Å². The van der Waals surface area contributed by atoms with Crippen LogP contribution in [-0.2, 0) is 16.0 Å². The topological polar surface area (TPSA) is 66.5 Å². The summed E-state index contributed by atoms with van der Waals surface area (Å²) in [7, 11) is 0. The predicted octanol–water partition coefficient (Wildman–Crippen LogP) is 5.32. The first-order valence-electron chi connectivity index (χ1n) is 10.1. The van der Waals surface area contributed by atoms with Gasteiger partial charge in [0.15, 0.2) is 0 Å². The molecule has 0 atom stereocenters. The van der Waals surface area contributed by atoms with E-state index in [1.165, 1.54) is 11.6 Å². The molecule has 0 aromatic heterocycles. The Morgan fingerprint density at radius 2 is 1.62 bits per heavy atom. The highest BCUT2D eigenvalue weighted by Gasteiger charge is 2.36. The number of aryl methyl sites for hydroxylation is 2. The van der Waals surface area contributed by atoms with Crippen molar-refractivity contribution in [3.05, 3.63) is 105 Å². The zero-order valence-electron chi connectivity index (χ0n) is 17.7. The van der Waals surface area contributed by atoms with Gasteiger partial charge in [0.1, 0.15) is 5.57 Å². The van der Waals surface area contributed by atoms with Crippen LogP contribution in [0.4, 0.5) is 10.5 Å². The van der Waals surface area contributed by atoms with E-state index in [-0.39, 0.29) is 5.57 Å². The molecular formula is C26H21BrN2O3. The van der Waals surface area contributed by atoms with Crippen molar-refractivity contribution in [2.24, 2.45) is 0 Å². The molecule has 6 heteroatoms. The van der Waals surface area contributed by atoms with Gasteiger partial charge in [-0.3, -0.25) is 14.9 Å². The Morgan fingerprint density at radius 3 is 2.31 bits per heavy atom. The lowest BCUT2D eigenvalue weighted by molar-refractivity contribution is -0.122. The summed E-state index contributed by atoms with van der Waals surface area (Å²) in [4.78, 5) is 38.9. The molecule has 1 fully saturated rings. The number of anilines is 1. The van der Waals surface area contributed by atoms with Crippen molar-refractivity contribution >= 4 is 45.5 Å². The lowest BCUT2D eigenvalue weighted by Crippen LogP contribution is -2.54. The number of barbiturate groups is 1. The number of rotatable bonds is 4. The molecule has 1 N–H and O–H groups in total. The minimum Gasteiger partial charge on any atom is -0.273 e. The van der Waals surface area contributed by atoms with Crippen LogP contribution in [0.15, 0.2) is 76.8 Å². The summed E-state index contributed by atoms with van der Waals surface area (Å²) in [6.45, 7) is 3.86. The van der Waals surface area contributed by atoms with Gasteiger partial charge in [-0.1, -0.05) is 64.5 Å². The van der Waals surface area contributed by atoms with E-state index in [0.717, 1.165) is 32.5 Å². The maximum absolute atomic E-state index is 13.1. The summed E-state index contributed by atoms with van der Waals surface area (Å²) >= 11 is 3.56. The number of amides is 4. The maximum atomic E-state index is 13.1. The molecule has 1 aliphatic heterocycles. The Kier molecular flexibility index (Phi) is 6.06. The maximum Gasteiger partial charge on any atom is 0.335 e. The Balaban J connectivity index is 1.60. The molecule has 5 nitrogen and oxygen atoms in total. The lowest BCUT2D eigenvalue weighted by atomic mass is 10.0. The van der Waals surface area contributed by atoms with Gasteiger partial charge < -0.3 is 0 Å². The number of carbonyl (C=O) groups is 3. The van der Waals surface area contributed by atoms with Crippen LogP contribution in [-0.4, -0.2) is 17.8 Å². The van der Waals surface area contributed by atoms with Gasteiger partial charge in [-0.05, 0) is 72.4 Å². The number of urea groups is 1. The molecule has 0 bridgehead atoms. The number of hydrogen-bond acceptors (Lipinski definition) is 3. The number of nitrogens with zero attached hydrogens (tertiary/aromatic N) is 1. The van der Waals surface area contributed by atoms with E-state index in [2.05, 4.69) is 27.3 Å². The molecule has 0 unspecified atom stereocenters. The second-order valence-corrected chi connectivity index (χ2v) is 8.59. The van der Waals surface area contributed by atoms with Crippen molar-refractivity contribution in [2.75, 3.05) is 4.90 Å². The van der Waals surface area contributed by atoms with Gasteiger partial charge in [0.05, 0.1) is 5.69 Å². The molecule has 32 heavy (non-hydrogen) atoms. The lowest BCUT2D eigenvalue weighted by Gasteiger charge is -2.26. The minimum atomic E-state index is -0.746. The first kappa shape index (κ1) is 21.7. The third kappa shape index (κ3) is 4.41. The normalized spacial score (nSPS) is 15.3. The molecule has 4 rings (SSSR count). The minimum absolute atomic E-state index is 0.0821. The molecule has 0 aliphatic carbocycles. The monoisotopic (exact) mass is 488 g/mol. The van der Waals surface area contributed by atoms with Crippen molar-refractivity contribution in [1.29, 1.82) is 0 Å². The Bertz CT molecular complexity index is 1260. The molecule has 0 spiro atoms. The van der Waals surface area contributed by atoms with E-state index in [1.807, 2.05) is 62.4 Å². The predicted molar refractivity (Wildman–Crippen MR) is 128 cm³/mol. The van der Waals surface area contributed by atoms with Gasteiger partial charge in [0.25, 0.3) is 11.8 Å². The van der Waals surface area contributed by atoms with Crippen LogP contribution >= 0.6 is 15.9 Å². The van der Waals surface area contributed by atoms with Crippen molar-refractivity contribution in [2.45, 2.75) is 20.3 Å². The Morgan fingerprint density at radius 1 is 0.906 bits per heavy atom. The molecule has 0 saturated carbocycles. The number of hydrogen-bond donors (Lipinski definition) is 1. The van der Waals surface area contributed by atoms with E-state index < -0.39 is 17.8 Å². The van der Waals surface area contributed by atoms with Gasteiger partial charge in [0, 0.05) is 4.47 Å². The SMILES string of the molecule is Cc1ccc(N2C(=O)NC(=O)/C(=C\c3ccc(Cc4ccccc4Br)cc3)C2=O)cc1C. The van der Waals surface area contributed by atoms with E-state index in [0.29, 0.717) is 11.3 Å². The molecule has 1 aliphatic rings. The highest BCUT2D eigenvalue weighted by molar-refractivity contribution is 9.10. The molecule has 3 aromatic carbocycles. The molecular weight excluding hydrogens is 468 g/mol. The second kappa shape index (κ2) is 8.93. The van der Waals surface area contributed by atoms with Crippen LogP contribution in [0, 0.1) is 13.8 Å². The third-order valence-electron chi connectivity index (χ3n) is 5.49. The smallest absolute Gasteiger partial charge is 0.273 e. The Labute approximate surface area is 194 Å². The number of halogens is 1. The summed E-state index contributed by atoms with van der Waals surface area (Å²) in [6, 6.07) is 20.2. The van der Waals surface area contributed by atoms with Crippen LogP contribution in [0.1, 0.15) is 27.8 Å². The van der Waals surface area contributed by atoms with E-state index >= 15 is 0 Å². The molecule has 3 aromatic rings. The highest BCUT2D eigenvalue weighted by Crippen LogP contribution is 2.25. The van der Waals surface area contributed by atoms with Crippen LogP contribution in [0.25, 0.3) is 6.08 Å². The summed E-state index contributed by atoms with van der Waals surface area (Å²) < 4.78 is 1.05. The standard InChI is InChI=1S/C26H21BrN2O3/c1-16-7-12-21(13-17(16)2)29-25(31)22(24(30)28-26(29)32)15-19-10-8-18(9-11-19)14-20-5-3-4-6-23(20)27/h3-13,15H,14H2,1-2H3,(H,28,30,32)/b22-15+. The van der Waals surface area contributed by atoms with Crippen LogP contribution in [0.3, 0.4) is 0 Å². The third-order valence-corrected chi connectivity index (χ3v) is 6.27. The quantitative estimate of drug-likeness (QED) is 0.399. The average Bonchev–Trinajstić information content (AvgIpc) is 2.76. The zero-order valence-corrected chi connectivity index (χ0v) is 19.3. The Hall–Kier alpha value is -3.51. The molecule has 160 valence electrons. The van der Waals surface area contributed by atoms with Crippen LogP contribution in [0.5, 0.6) is 0 Å². The highest BCUT2D eigenvalue weighted by atomic mass is 79.9. The average molecular weight is 489 g/mol. The second-order valence-electron chi connectivity index (χ2n) is 7.74. The van der Waals surface area contributed by atoms with Crippen molar-refractivity contribution < 1.29 is 14.4 Å². The van der Waals surface area contributed by atoms with Crippen molar-refractivity contribution in [3.8, 4) is 0 Å². The van der Waals surface area contributed by atoms with Gasteiger partial charge in [0.2, 0.25) is 0 Å². The van der Waals surface area contributed by atoms with E-state index in [9.17, 15) is 14.4 Å². The largest absolute Gasteiger partial charge is 0.335 e. The number of imide groups is 2. The molecule has 0 radical (unpaired) electrons. The first-order valence-corrected chi connectivity index (χ1v) is 10.9. The fourth-order valence-corrected chi connectivity index (χ4v) is 3.94. The molecule has 4 amide bonds. The van der Waals surface area contributed by atoms with Gasteiger partial charge >= 0.3 is 6.03 Å². The molecule has 1 heterocycles. The fraction of sp³-hybridized carbons (Fsp3) is 0.115. The van der Waals surface area contributed by atoms with E-state index in [4.69, 9.17) is 0 Å². The summed E-state index contributed by atoms with van der Waals surface area (Å²) in [5, 5.41) is 2.27. The van der Waals surface area contributed by atoms with Gasteiger partial charge in [-0.15, -0.1) is 0 Å².